The number of nitrogens with one attached hydrogen (secondary N) is 2. The fraction of sp³-hybridized carbons (Fsp3) is 0.311. The molecule has 8 heterocycles. The summed E-state index contributed by atoms with van der Waals surface area (Å²) in [6, 6.07) is 30.1. The van der Waals surface area contributed by atoms with Gasteiger partial charge in [0.1, 0.15) is 22.7 Å². The van der Waals surface area contributed by atoms with Crippen LogP contribution in [0.4, 0.5) is 20.2 Å². The average Bonchev–Trinajstić information content (AvgIpc) is 2.78. The Morgan fingerprint density at radius 3 is 1.49 bits per heavy atom. The predicted octanol–water partition coefficient (Wildman–Crippen LogP) is 8.92. The van der Waals surface area contributed by atoms with E-state index in [2.05, 4.69) is 20.4 Å². The van der Waals surface area contributed by atoms with Crippen LogP contribution >= 0.6 is 46.4 Å². The minimum Gasteiger partial charge on any atom is -0.870 e. The maximum absolute atomic E-state index is 16.1. The van der Waals surface area contributed by atoms with Crippen molar-refractivity contribution in [2.75, 3.05) is 30.8 Å². The molecule has 8 aliphatic rings. The van der Waals surface area contributed by atoms with Gasteiger partial charge in [0.2, 0.25) is 11.8 Å². The molecule has 2 aromatic heterocycles. The monoisotopic (exact) mass is 1210 g/mol. The summed E-state index contributed by atoms with van der Waals surface area (Å²) in [5.41, 5.74) is 4.93. The Hall–Kier alpha value is -5.96. The van der Waals surface area contributed by atoms with Gasteiger partial charge in [0.05, 0.1) is 51.4 Å². The number of hydrogen-bond acceptors (Lipinski definition) is 10. The number of anilines is 2. The van der Waals surface area contributed by atoms with Gasteiger partial charge in [-0.1, -0.05) is 94.9 Å². The zero-order valence-corrected chi connectivity index (χ0v) is 49.6. The number of halogens is 6. The SMILES string of the molecule is COC(=O)c1ccc2c3n(nc2c1)[C@@H]1[C@H](C3)N(CC2CC2)[C@@]2(C(=O)Nc3cc(Cl)ccc32)[C@H]1c1cccc(Cl)c1F.O=C(O)c1ccc2c3n(nc2c1)[C@@H]1[C@H](C3)N(CC2CC2)[C@@]2(C(=O)Nc3cc(Cl)ccc32)[C@H]1c1cccc(Cl)c1F.[Na+].[OH-]. The summed E-state index contributed by atoms with van der Waals surface area (Å²) in [4.78, 5) is 57.3. The number of carboxylic acids is 1. The molecule has 4 N–H and O–H groups in total. The molecule has 22 heteroatoms. The molecule has 2 saturated carbocycles. The van der Waals surface area contributed by atoms with Crippen LogP contribution in [0.3, 0.4) is 0 Å². The molecular weight excluding hydrogens is 1160 g/mol. The number of benzene rings is 6. The number of amides is 2. The van der Waals surface area contributed by atoms with Crippen molar-refractivity contribution < 1.29 is 72.8 Å². The third-order valence-corrected chi connectivity index (χ3v) is 19.7. The second-order valence-corrected chi connectivity index (χ2v) is 24.5. The first-order valence-corrected chi connectivity index (χ1v) is 28.6. The van der Waals surface area contributed by atoms with Gasteiger partial charge in [-0.25, -0.2) is 18.4 Å². The Labute approximate surface area is 515 Å². The van der Waals surface area contributed by atoms with Gasteiger partial charge in [-0.05, 0) is 109 Å². The van der Waals surface area contributed by atoms with E-state index in [0.717, 1.165) is 59.0 Å². The van der Waals surface area contributed by atoms with Crippen molar-refractivity contribution in [3.8, 4) is 0 Å². The molecule has 6 aliphatic heterocycles. The molecule has 15 nitrogen and oxygen atoms in total. The van der Waals surface area contributed by atoms with Gasteiger partial charge in [-0.15, -0.1) is 0 Å². The summed E-state index contributed by atoms with van der Waals surface area (Å²) in [5.74, 6) is -3.33. The van der Waals surface area contributed by atoms with E-state index in [9.17, 15) is 24.3 Å². The zero-order chi connectivity index (χ0) is 55.7. The fourth-order valence-corrected chi connectivity index (χ4v) is 15.8. The number of nitrogens with zero attached hydrogens (tertiary/aromatic N) is 6. The largest absolute Gasteiger partial charge is 1.00 e. The van der Waals surface area contributed by atoms with E-state index in [4.69, 9.17) is 61.3 Å². The smallest absolute Gasteiger partial charge is 0.870 e. The molecule has 8 atom stereocenters. The molecule has 4 fully saturated rings. The molecule has 0 unspecified atom stereocenters. The summed E-state index contributed by atoms with van der Waals surface area (Å²) in [5, 5.41) is 28.4. The van der Waals surface area contributed by atoms with Gasteiger partial charge in [-0.3, -0.25) is 28.8 Å². The summed E-state index contributed by atoms with van der Waals surface area (Å²) in [7, 11) is 1.35. The molecule has 2 saturated heterocycles. The summed E-state index contributed by atoms with van der Waals surface area (Å²) < 4.78 is 40.9. The molecule has 0 bridgehead atoms. The normalized spacial score (nSPS) is 25.9. The van der Waals surface area contributed by atoms with E-state index < -0.39 is 52.5 Å². The van der Waals surface area contributed by atoms with Gasteiger partial charge in [0.15, 0.2) is 0 Å². The number of methoxy groups -OCH3 is 1. The third-order valence-electron chi connectivity index (χ3n) is 18.6. The van der Waals surface area contributed by atoms with Crippen molar-refractivity contribution in [1.29, 1.82) is 0 Å². The van der Waals surface area contributed by atoms with Crippen molar-refractivity contribution in [1.82, 2.24) is 29.4 Å². The molecule has 2 amide bonds. The van der Waals surface area contributed by atoms with Crippen LogP contribution < -0.4 is 40.2 Å². The Balaban J connectivity index is 0.000000152. The number of rotatable bonds is 8. The first-order valence-electron chi connectivity index (χ1n) is 27.1. The van der Waals surface area contributed by atoms with E-state index in [1.54, 1.807) is 78.9 Å². The molecule has 6 aromatic carbocycles. The molecule has 2 spiro atoms. The minimum atomic E-state index is -1.20. The number of carbonyl (C=O) groups excluding carboxylic acids is 3. The molecule has 0 radical (unpaired) electrons. The molecule has 8 aromatic rings. The van der Waals surface area contributed by atoms with Crippen LogP contribution in [0.15, 0.2) is 109 Å². The van der Waals surface area contributed by atoms with Crippen molar-refractivity contribution in [2.24, 2.45) is 11.8 Å². The van der Waals surface area contributed by atoms with Crippen LogP contribution in [0, 0.1) is 23.5 Å². The van der Waals surface area contributed by atoms with E-state index in [0.29, 0.717) is 86.9 Å². The number of likely N-dealkylation sites (tertiary alicyclic amines) is 2. The minimum absolute atomic E-state index is 0. The number of ether oxygens (including phenoxy) is 1. The zero-order valence-electron chi connectivity index (χ0n) is 44.6. The van der Waals surface area contributed by atoms with Gasteiger partial charge >= 0.3 is 41.5 Å². The first-order chi connectivity index (χ1) is 39.1. The van der Waals surface area contributed by atoms with Crippen molar-refractivity contribution in [2.45, 2.75) is 85.6 Å². The number of aromatic nitrogens is 4. The van der Waals surface area contributed by atoms with Crippen LogP contribution in [0.25, 0.3) is 21.8 Å². The molecule has 2 aliphatic carbocycles. The van der Waals surface area contributed by atoms with Crippen LogP contribution in [0.1, 0.15) is 104 Å². The maximum atomic E-state index is 16.1. The number of carbonyl (C=O) groups is 4. The quantitative estimate of drug-likeness (QED) is 0.0972. The number of fused-ring (bicyclic) bond motifs is 14. The Kier molecular flexibility index (Phi) is 13.8. The summed E-state index contributed by atoms with van der Waals surface area (Å²) in [6.07, 6.45) is 5.58. The number of hydrogen-bond donors (Lipinski definition) is 3. The third kappa shape index (κ3) is 8.16. The summed E-state index contributed by atoms with van der Waals surface area (Å²) >= 11 is 25.4. The summed E-state index contributed by atoms with van der Waals surface area (Å²) in [6.45, 7) is 1.41. The maximum Gasteiger partial charge on any atom is 1.00 e. The Morgan fingerprint density at radius 1 is 0.639 bits per heavy atom. The van der Waals surface area contributed by atoms with Gasteiger partial charge in [0.25, 0.3) is 0 Å². The van der Waals surface area contributed by atoms with E-state index in [1.165, 1.54) is 19.2 Å². The second-order valence-electron chi connectivity index (χ2n) is 22.8. The van der Waals surface area contributed by atoms with E-state index in [-0.39, 0.29) is 80.6 Å². The first kappa shape index (κ1) is 56.2. The van der Waals surface area contributed by atoms with Crippen LogP contribution in [0.5, 0.6) is 0 Å². The fourth-order valence-electron chi connectivity index (χ4n) is 15.1. The number of aromatic carboxylic acids is 1. The Morgan fingerprint density at radius 2 is 1.07 bits per heavy atom. The van der Waals surface area contributed by atoms with Crippen molar-refractivity contribution >= 4 is 103 Å². The van der Waals surface area contributed by atoms with Crippen molar-refractivity contribution in [3.63, 3.8) is 0 Å². The number of esters is 1. The molecular formula is C61H49Cl4F2N8NaO7. The van der Waals surface area contributed by atoms with Gasteiger partial charge in [0, 0.05) is 105 Å². The van der Waals surface area contributed by atoms with E-state index in [1.807, 2.05) is 27.6 Å². The van der Waals surface area contributed by atoms with Crippen LogP contribution in [-0.4, -0.2) is 96.0 Å². The van der Waals surface area contributed by atoms with E-state index >= 15 is 8.78 Å². The molecule has 16 rings (SSSR count). The molecule has 83 heavy (non-hydrogen) atoms. The second kappa shape index (κ2) is 20.4. The Bertz CT molecular complexity index is 4120. The number of carboxylic acid groups (broad SMARTS) is 1. The van der Waals surface area contributed by atoms with Crippen LogP contribution in [0.2, 0.25) is 20.1 Å². The molecule has 418 valence electrons. The van der Waals surface area contributed by atoms with Gasteiger partial charge in [-0.2, -0.15) is 10.2 Å². The standard InChI is InChI=1S/C31H25Cl2FN4O3.C30H23Cl2FN4O3.Na.H2O/c1-41-29(39)16-7-9-18-22(11-16)36-38-24(18)13-25-28(38)26(19-3-2-4-21(33)27(19)34)31(37(25)14-15-5-6-15)20-10-8-17(32)12-23(20)35-30(31)40;31-16-7-9-19-22(11-16)34-29(40)30(19)25(18-2-1-3-20(32)26(18)33)27-24(36(30)13-14-4-5-14)12-23-17-8-6-15(28(38)39)10-21(17)35-37(23)27;;/h2-4,7-12,15,25-26,28H,5-6,13-14H2,1H3,(H,35,40);1-3,6-11,14,24-25,27H,4-5,12-13H2,(H,34,40)(H,38,39);;1H2/q;;+1;/p-1/t25-,26-,28+,31+;24-,25-,27+,30+;;/m00../s1. The van der Waals surface area contributed by atoms with Gasteiger partial charge < -0.3 is 26.0 Å². The van der Waals surface area contributed by atoms with Crippen LogP contribution in [-0.2, 0) is 38.2 Å². The average molecular weight is 1210 g/mol. The topological polar surface area (TPSA) is 194 Å². The van der Waals surface area contributed by atoms with Crippen molar-refractivity contribution in [3.05, 3.63) is 186 Å². The predicted molar refractivity (Wildman–Crippen MR) is 303 cm³/mol.